The quantitative estimate of drug-likeness (QED) is 0.676. The number of hydrogen-bond acceptors (Lipinski definition) is 4. The molecule has 2 rings (SSSR count). The maximum absolute atomic E-state index is 12.4. The predicted octanol–water partition coefficient (Wildman–Crippen LogP) is 2.59. The molecule has 2 amide bonds. The Labute approximate surface area is 147 Å². The summed E-state index contributed by atoms with van der Waals surface area (Å²) in [6.45, 7) is 3.75. The first-order valence-corrected chi connectivity index (χ1v) is 8.07. The highest BCUT2D eigenvalue weighted by atomic mass is 16.5. The van der Waals surface area contributed by atoms with E-state index in [1.807, 2.05) is 44.2 Å². The van der Waals surface area contributed by atoms with Crippen LogP contribution in [0.15, 0.2) is 54.6 Å². The van der Waals surface area contributed by atoms with Crippen LogP contribution in [0, 0.1) is 5.92 Å². The van der Waals surface area contributed by atoms with Crippen molar-refractivity contribution in [2.75, 3.05) is 12.5 Å². The van der Waals surface area contributed by atoms with Crippen LogP contribution in [0.25, 0.3) is 0 Å². The van der Waals surface area contributed by atoms with Crippen LogP contribution >= 0.6 is 0 Å². The molecule has 25 heavy (non-hydrogen) atoms. The Hall–Kier alpha value is -3.02. The van der Waals surface area contributed by atoms with Gasteiger partial charge in [0.05, 0.1) is 12.8 Å². The Kier molecular flexibility index (Phi) is 6.39. The Morgan fingerprint density at radius 2 is 1.60 bits per heavy atom. The lowest BCUT2D eigenvalue weighted by molar-refractivity contribution is -0.123. The molecule has 1 atom stereocenters. The van der Waals surface area contributed by atoms with Crippen LogP contribution in [0.5, 0.6) is 5.75 Å². The zero-order valence-electron chi connectivity index (χ0n) is 14.6. The van der Waals surface area contributed by atoms with Crippen LogP contribution in [-0.4, -0.2) is 25.0 Å². The van der Waals surface area contributed by atoms with Gasteiger partial charge in [-0.15, -0.1) is 0 Å². The van der Waals surface area contributed by atoms with Gasteiger partial charge in [0.2, 0.25) is 0 Å². The molecular weight excluding hydrogens is 318 g/mol. The van der Waals surface area contributed by atoms with Crippen molar-refractivity contribution in [1.29, 1.82) is 0 Å². The van der Waals surface area contributed by atoms with Gasteiger partial charge in [0.1, 0.15) is 11.8 Å². The molecule has 2 aromatic rings. The predicted molar refractivity (Wildman–Crippen MR) is 97.3 cm³/mol. The SMILES string of the molecule is COc1ccc(C(=O)NC(C(=O)NNc2ccccc2)C(C)C)cc1. The van der Waals surface area contributed by atoms with Crippen LogP contribution in [0.3, 0.4) is 0 Å². The van der Waals surface area contributed by atoms with Crippen molar-refractivity contribution in [3.05, 3.63) is 60.2 Å². The van der Waals surface area contributed by atoms with E-state index < -0.39 is 6.04 Å². The lowest BCUT2D eigenvalue weighted by atomic mass is 10.0. The van der Waals surface area contributed by atoms with Gasteiger partial charge in [-0.3, -0.25) is 20.4 Å². The van der Waals surface area contributed by atoms with E-state index >= 15 is 0 Å². The minimum Gasteiger partial charge on any atom is -0.497 e. The van der Waals surface area contributed by atoms with Crippen molar-refractivity contribution in [3.63, 3.8) is 0 Å². The van der Waals surface area contributed by atoms with Gasteiger partial charge in [-0.25, -0.2) is 0 Å². The number of carbonyl (C=O) groups excluding carboxylic acids is 2. The number of benzene rings is 2. The molecule has 0 aliphatic carbocycles. The van der Waals surface area contributed by atoms with Crippen LogP contribution in [0.1, 0.15) is 24.2 Å². The minimum absolute atomic E-state index is 0.0697. The molecule has 0 fully saturated rings. The van der Waals surface area contributed by atoms with Gasteiger partial charge >= 0.3 is 0 Å². The molecule has 0 saturated heterocycles. The molecule has 0 radical (unpaired) electrons. The van der Waals surface area contributed by atoms with E-state index in [9.17, 15) is 9.59 Å². The Bertz CT molecular complexity index is 700. The molecule has 6 heteroatoms. The number of methoxy groups -OCH3 is 1. The zero-order valence-corrected chi connectivity index (χ0v) is 14.6. The number of amides is 2. The van der Waals surface area contributed by atoms with Gasteiger partial charge in [-0.05, 0) is 42.3 Å². The van der Waals surface area contributed by atoms with E-state index in [4.69, 9.17) is 4.74 Å². The number of carbonyl (C=O) groups is 2. The third-order valence-corrected chi connectivity index (χ3v) is 3.69. The highest BCUT2D eigenvalue weighted by Gasteiger charge is 2.24. The van der Waals surface area contributed by atoms with E-state index in [0.717, 1.165) is 5.69 Å². The topological polar surface area (TPSA) is 79.5 Å². The fraction of sp³-hybridized carbons (Fsp3) is 0.263. The molecule has 2 aromatic carbocycles. The molecule has 0 spiro atoms. The van der Waals surface area contributed by atoms with Crippen LogP contribution < -0.4 is 20.9 Å². The van der Waals surface area contributed by atoms with Crippen molar-refractivity contribution in [2.24, 2.45) is 5.92 Å². The lowest BCUT2D eigenvalue weighted by Crippen LogP contribution is -2.51. The molecule has 0 bridgehead atoms. The summed E-state index contributed by atoms with van der Waals surface area (Å²) in [4.78, 5) is 24.8. The van der Waals surface area contributed by atoms with Gasteiger partial charge in [-0.1, -0.05) is 32.0 Å². The molecule has 3 N–H and O–H groups in total. The first-order valence-electron chi connectivity index (χ1n) is 8.07. The maximum atomic E-state index is 12.4. The average Bonchev–Trinajstić information content (AvgIpc) is 2.64. The number of nitrogens with one attached hydrogen (secondary N) is 3. The summed E-state index contributed by atoms with van der Waals surface area (Å²) >= 11 is 0. The maximum Gasteiger partial charge on any atom is 0.261 e. The fourth-order valence-corrected chi connectivity index (χ4v) is 2.23. The number of rotatable bonds is 7. The summed E-state index contributed by atoms with van der Waals surface area (Å²) in [5, 5.41) is 2.77. The molecule has 1 unspecified atom stereocenters. The highest BCUT2D eigenvalue weighted by Crippen LogP contribution is 2.12. The summed E-state index contributed by atoms with van der Waals surface area (Å²) in [5.74, 6) is -0.0153. The van der Waals surface area contributed by atoms with Crippen molar-refractivity contribution in [1.82, 2.24) is 10.7 Å². The first-order chi connectivity index (χ1) is 12.0. The van der Waals surface area contributed by atoms with E-state index in [-0.39, 0.29) is 17.7 Å². The number of ether oxygens (including phenoxy) is 1. The summed E-state index contributed by atoms with van der Waals surface area (Å²) in [6.07, 6.45) is 0. The molecule has 0 aliphatic rings. The molecule has 132 valence electrons. The minimum atomic E-state index is -0.661. The zero-order chi connectivity index (χ0) is 18.2. The second-order valence-electron chi connectivity index (χ2n) is 5.90. The highest BCUT2D eigenvalue weighted by molar-refractivity contribution is 5.97. The molecule has 0 aliphatic heterocycles. The Balaban J connectivity index is 1.98. The van der Waals surface area contributed by atoms with Gasteiger partial charge in [-0.2, -0.15) is 0 Å². The summed E-state index contributed by atoms with van der Waals surface area (Å²) in [6, 6.07) is 15.3. The van der Waals surface area contributed by atoms with Gasteiger partial charge in [0.25, 0.3) is 11.8 Å². The van der Waals surface area contributed by atoms with Gasteiger partial charge in [0.15, 0.2) is 0 Å². The van der Waals surface area contributed by atoms with Crippen molar-refractivity contribution < 1.29 is 14.3 Å². The summed E-state index contributed by atoms with van der Waals surface area (Å²) in [7, 11) is 1.56. The fourth-order valence-electron chi connectivity index (χ4n) is 2.23. The normalized spacial score (nSPS) is 11.5. The average molecular weight is 341 g/mol. The molecule has 0 aromatic heterocycles. The first kappa shape index (κ1) is 18.3. The van der Waals surface area contributed by atoms with Crippen molar-refractivity contribution in [3.8, 4) is 5.75 Å². The molecule has 6 nitrogen and oxygen atoms in total. The van der Waals surface area contributed by atoms with Crippen LogP contribution in [-0.2, 0) is 4.79 Å². The monoisotopic (exact) mass is 341 g/mol. The van der Waals surface area contributed by atoms with E-state index in [1.54, 1.807) is 31.4 Å². The molecular formula is C19H23N3O3. The summed E-state index contributed by atoms with van der Waals surface area (Å²) in [5.41, 5.74) is 6.70. The van der Waals surface area contributed by atoms with Crippen molar-refractivity contribution >= 4 is 17.5 Å². The van der Waals surface area contributed by atoms with E-state index in [0.29, 0.717) is 11.3 Å². The Morgan fingerprint density at radius 1 is 0.960 bits per heavy atom. The smallest absolute Gasteiger partial charge is 0.261 e. The van der Waals surface area contributed by atoms with Gasteiger partial charge in [0, 0.05) is 5.56 Å². The summed E-state index contributed by atoms with van der Waals surface area (Å²) < 4.78 is 5.08. The van der Waals surface area contributed by atoms with Crippen LogP contribution in [0.4, 0.5) is 5.69 Å². The van der Waals surface area contributed by atoms with Crippen LogP contribution in [0.2, 0.25) is 0 Å². The standard InChI is InChI=1S/C19H23N3O3/c1-13(2)17(19(24)22-21-15-7-5-4-6-8-15)20-18(23)14-9-11-16(25-3)12-10-14/h4-13,17,21H,1-3H3,(H,20,23)(H,22,24). The largest absolute Gasteiger partial charge is 0.497 e. The Morgan fingerprint density at radius 3 is 2.16 bits per heavy atom. The van der Waals surface area contributed by atoms with Gasteiger partial charge < -0.3 is 10.1 Å². The third kappa shape index (κ3) is 5.24. The number of para-hydroxylation sites is 1. The van der Waals surface area contributed by atoms with E-state index in [2.05, 4.69) is 16.2 Å². The number of hydrogen-bond donors (Lipinski definition) is 3. The number of hydrazine groups is 1. The molecule has 0 saturated carbocycles. The lowest BCUT2D eigenvalue weighted by Gasteiger charge is -2.22. The third-order valence-electron chi connectivity index (χ3n) is 3.69. The van der Waals surface area contributed by atoms with E-state index in [1.165, 1.54) is 0 Å². The van der Waals surface area contributed by atoms with Crippen molar-refractivity contribution in [2.45, 2.75) is 19.9 Å². The number of anilines is 1. The second-order valence-corrected chi connectivity index (χ2v) is 5.90. The second kappa shape index (κ2) is 8.73. The molecule has 0 heterocycles.